The molecule has 1 aromatic rings. The summed E-state index contributed by atoms with van der Waals surface area (Å²) in [5.41, 5.74) is 0.128. The zero-order chi connectivity index (χ0) is 43.4. The van der Waals surface area contributed by atoms with E-state index in [-0.39, 0.29) is 54.2 Å². The Morgan fingerprint density at radius 1 is 0.912 bits per heavy atom. The maximum absolute atomic E-state index is 14.3. The van der Waals surface area contributed by atoms with E-state index in [4.69, 9.17) is 14.2 Å². The van der Waals surface area contributed by atoms with Gasteiger partial charge in [0, 0.05) is 34.2 Å². The summed E-state index contributed by atoms with van der Waals surface area (Å²) in [6, 6.07) is 6.27. The van der Waals surface area contributed by atoms with Crippen LogP contribution in [0.2, 0.25) is 0 Å². The Balaban J connectivity index is 2.32. The SMILES string of the molecule is CC[C@H](C)[C@@H]([C@@H](CC(=O)N1CCC[C@H]1[C@H](OC)[C@@H](C)C(=O)N[C@@H](Cc1ccccc1)C(=O)OC(C)(C)C)OC)N(C)C(=O)[C@@H](NC(=O)[C@H](C(C)C)N(C)S)C(C)C. The number of rotatable bonds is 21. The van der Waals surface area contributed by atoms with Crippen molar-refractivity contribution < 1.29 is 38.2 Å². The Hall–Kier alpha value is -3.20. The molecule has 2 N–H and O–H groups in total. The van der Waals surface area contributed by atoms with Gasteiger partial charge in [-0.1, -0.05) is 98.0 Å². The van der Waals surface area contributed by atoms with Crippen LogP contribution < -0.4 is 10.6 Å². The quantitative estimate of drug-likeness (QED) is 0.116. The maximum atomic E-state index is 14.3. The van der Waals surface area contributed by atoms with E-state index < -0.39 is 59.9 Å². The molecule has 1 saturated heterocycles. The van der Waals surface area contributed by atoms with Crippen LogP contribution in [0, 0.1) is 23.7 Å². The summed E-state index contributed by atoms with van der Waals surface area (Å²) in [7, 11) is 6.51. The van der Waals surface area contributed by atoms with Crippen LogP contribution in [0.1, 0.15) is 100 Å². The minimum atomic E-state index is -0.926. The molecule has 1 fully saturated rings. The molecule has 2 rings (SSSR count). The van der Waals surface area contributed by atoms with E-state index in [0.717, 1.165) is 12.0 Å². The van der Waals surface area contributed by atoms with Crippen molar-refractivity contribution in [1.29, 1.82) is 0 Å². The molecule has 0 aliphatic carbocycles. The fourth-order valence-electron chi connectivity index (χ4n) is 7.90. The number of thiol groups is 1. The van der Waals surface area contributed by atoms with Crippen LogP contribution in [0.5, 0.6) is 0 Å². The lowest BCUT2D eigenvalue weighted by Gasteiger charge is -2.41. The fraction of sp³-hybridized carbons (Fsp3) is 0.744. The number of carbonyl (C=O) groups excluding carboxylic acids is 5. The summed E-state index contributed by atoms with van der Waals surface area (Å²) in [4.78, 5) is 72.6. The van der Waals surface area contributed by atoms with Gasteiger partial charge in [-0.3, -0.25) is 19.2 Å². The minimum Gasteiger partial charge on any atom is -0.458 e. The summed E-state index contributed by atoms with van der Waals surface area (Å²) in [5, 5.41) is 5.92. The van der Waals surface area contributed by atoms with Crippen LogP contribution >= 0.6 is 12.8 Å². The number of likely N-dealkylation sites (tertiary alicyclic amines) is 1. The predicted molar refractivity (Wildman–Crippen MR) is 226 cm³/mol. The van der Waals surface area contributed by atoms with E-state index in [1.54, 1.807) is 63.0 Å². The van der Waals surface area contributed by atoms with E-state index in [1.165, 1.54) is 7.11 Å². The largest absolute Gasteiger partial charge is 0.458 e. The molecule has 0 saturated carbocycles. The van der Waals surface area contributed by atoms with Gasteiger partial charge in [-0.2, -0.15) is 0 Å². The smallest absolute Gasteiger partial charge is 0.329 e. The first kappa shape index (κ1) is 49.9. The average molecular weight is 820 g/mol. The molecule has 4 amide bonds. The van der Waals surface area contributed by atoms with Crippen molar-refractivity contribution in [1.82, 2.24) is 24.7 Å². The van der Waals surface area contributed by atoms with E-state index in [9.17, 15) is 24.0 Å². The third-order valence-corrected chi connectivity index (χ3v) is 11.3. The van der Waals surface area contributed by atoms with Gasteiger partial charge in [-0.25, -0.2) is 9.10 Å². The topological polar surface area (TPSA) is 147 Å². The van der Waals surface area contributed by atoms with Gasteiger partial charge in [0.1, 0.15) is 23.7 Å². The van der Waals surface area contributed by atoms with Crippen LogP contribution in [0.25, 0.3) is 0 Å². The number of nitrogens with one attached hydrogen (secondary N) is 2. The van der Waals surface area contributed by atoms with Gasteiger partial charge in [0.15, 0.2) is 0 Å². The van der Waals surface area contributed by atoms with Gasteiger partial charge in [0.25, 0.3) is 0 Å². The number of ether oxygens (including phenoxy) is 3. The molecule has 1 heterocycles. The van der Waals surface area contributed by atoms with Crippen LogP contribution in [-0.4, -0.2) is 127 Å². The van der Waals surface area contributed by atoms with Crippen molar-refractivity contribution in [3.63, 3.8) is 0 Å². The highest BCUT2D eigenvalue weighted by Crippen LogP contribution is 2.30. The Kier molecular flexibility index (Phi) is 20.0. The molecule has 57 heavy (non-hydrogen) atoms. The predicted octanol–water partition coefficient (Wildman–Crippen LogP) is 4.92. The zero-order valence-electron chi connectivity index (χ0n) is 37.0. The number of hydrogen-bond acceptors (Lipinski definition) is 10. The van der Waals surface area contributed by atoms with Crippen LogP contribution in [-0.2, 0) is 44.6 Å². The normalized spacial score (nSPS) is 19.0. The molecule has 0 spiro atoms. The Bertz CT molecular complexity index is 1450. The monoisotopic (exact) mass is 820 g/mol. The number of methoxy groups -OCH3 is 2. The molecule has 324 valence electrons. The van der Waals surface area contributed by atoms with Crippen LogP contribution in [0.15, 0.2) is 30.3 Å². The third-order valence-electron chi connectivity index (χ3n) is 11.1. The van der Waals surface area contributed by atoms with Crippen molar-refractivity contribution >= 4 is 42.4 Å². The molecule has 0 unspecified atom stereocenters. The highest BCUT2D eigenvalue weighted by atomic mass is 32.1. The van der Waals surface area contributed by atoms with Crippen molar-refractivity contribution in [2.75, 3.05) is 34.9 Å². The average Bonchev–Trinajstić information content (AvgIpc) is 3.62. The van der Waals surface area contributed by atoms with Crippen molar-refractivity contribution in [2.45, 2.75) is 149 Å². The van der Waals surface area contributed by atoms with E-state index in [2.05, 4.69) is 23.4 Å². The van der Waals surface area contributed by atoms with Crippen LogP contribution in [0.3, 0.4) is 0 Å². The summed E-state index contributed by atoms with van der Waals surface area (Å²) >= 11 is 4.39. The standard InChI is InChI=1S/C43H73N5O8S/c1-15-28(6)37(46(11)41(52)35(26(2)3)45-40(51)36(27(4)5)47(12)57)33(54-13)25-34(49)48-23-19-22-32(48)38(55-14)29(7)39(50)44-31(42(53)56-43(8,9)10)24-30-20-17-16-18-21-30/h16-18,20-21,26-29,31-33,35-38,57H,15,19,22-25H2,1-14H3,(H,44,50)(H,45,51)/t28-,29+,31-,32-,33+,35-,36-,37-,38+/m0/s1. The second-order valence-corrected chi connectivity index (χ2v) is 18.0. The molecule has 14 heteroatoms. The molecule has 0 radical (unpaired) electrons. The highest BCUT2D eigenvalue weighted by Gasteiger charge is 2.43. The molecule has 13 nitrogen and oxygen atoms in total. The lowest BCUT2D eigenvalue weighted by Crippen LogP contribution is -2.59. The Labute approximate surface area is 348 Å². The van der Waals surface area contributed by atoms with Crippen LogP contribution in [0.4, 0.5) is 0 Å². The van der Waals surface area contributed by atoms with Gasteiger partial charge in [0.2, 0.25) is 23.6 Å². The number of hydrogen-bond donors (Lipinski definition) is 3. The Morgan fingerprint density at radius 3 is 2.02 bits per heavy atom. The number of amides is 4. The summed E-state index contributed by atoms with van der Waals surface area (Å²) < 4.78 is 19.2. The lowest BCUT2D eigenvalue weighted by atomic mass is 9.89. The van der Waals surface area contributed by atoms with Gasteiger partial charge >= 0.3 is 5.97 Å². The first-order valence-corrected chi connectivity index (χ1v) is 20.9. The third kappa shape index (κ3) is 14.2. The second-order valence-electron chi connectivity index (χ2n) is 17.4. The van der Waals surface area contributed by atoms with Crippen molar-refractivity contribution in [2.24, 2.45) is 23.7 Å². The minimum absolute atomic E-state index is 0.00694. The van der Waals surface area contributed by atoms with E-state index in [0.29, 0.717) is 19.4 Å². The number of likely N-dealkylation sites (N-methyl/N-ethyl adjacent to an activating group) is 2. The molecule has 0 bridgehead atoms. The molecule has 1 aliphatic rings. The number of benzene rings is 1. The molecule has 1 aromatic carbocycles. The fourth-order valence-corrected chi connectivity index (χ4v) is 8.27. The van der Waals surface area contributed by atoms with Crippen molar-refractivity contribution in [3.8, 4) is 0 Å². The molecule has 9 atom stereocenters. The number of carbonyl (C=O) groups is 5. The number of nitrogens with zero attached hydrogens (tertiary/aromatic N) is 3. The lowest BCUT2D eigenvalue weighted by molar-refractivity contribution is -0.159. The Morgan fingerprint density at radius 2 is 1.53 bits per heavy atom. The highest BCUT2D eigenvalue weighted by molar-refractivity contribution is 7.77. The first-order valence-electron chi connectivity index (χ1n) is 20.5. The molecular weight excluding hydrogens is 747 g/mol. The maximum Gasteiger partial charge on any atom is 0.329 e. The molecular formula is C43H73N5O8S. The first-order chi connectivity index (χ1) is 26.6. The van der Waals surface area contributed by atoms with Gasteiger partial charge in [-0.15, -0.1) is 0 Å². The summed E-state index contributed by atoms with van der Waals surface area (Å²) in [5.74, 6) is -2.65. The van der Waals surface area contributed by atoms with Gasteiger partial charge < -0.3 is 34.6 Å². The van der Waals surface area contributed by atoms with E-state index >= 15 is 0 Å². The number of esters is 1. The summed E-state index contributed by atoms with van der Waals surface area (Å²) in [6.45, 7) is 19.3. The van der Waals surface area contributed by atoms with E-state index in [1.807, 2.05) is 71.9 Å². The zero-order valence-corrected chi connectivity index (χ0v) is 37.9. The van der Waals surface area contributed by atoms with Crippen molar-refractivity contribution in [3.05, 3.63) is 35.9 Å². The molecule has 1 aliphatic heterocycles. The summed E-state index contributed by atoms with van der Waals surface area (Å²) in [6.07, 6.45) is 0.986. The second kappa shape index (κ2) is 22.8. The van der Waals surface area contributed by atoms with Gasteiger partial charge in [0.05, 0.1) is 36.6 Å². The van der Waals surface area contributed by atoms with Gasteiger partial charge in [-0.05, 0) is 64.0 Å². The molecule has 0 aromatic heterocycles.